The van der Waals surface area contributed by atoms with E-state index in [9.17, 15) is 4.39 Å². The predicted molar refractivity (Wildman–Crippen MR) is 79.4 cm³/mol. The van der Waals surface area contributed by atoms with Gasteiger partial charge in [0.1, 0.15) is 18.2 Å². The molecule has 0 aliphatic heterocycles. The van der Waals surface area contributed by atoms with E-state index in [-0.39, 0.29) is 11.9 Å². The molecule has 0 radical (unpaired) electrons. The van der Waals surface area contributed by atoms with Gasteiger partial charge >= 0.3 is 0 Å². The minimum Gasteiger partial charge on any atom is -0.489 e. The van der Waals surface area contributed by atoms with Gasteiger partial charge in [0.15, 0.2) is 0 Å². The molecule has 106 valence electrons. The SMILES string of the molecule is CC[C@@H](N)c1ccc(OCc2ccc(F)cc2Cl)cc1. The Hall–Kier alpha value is -1.58. The van der Waals surface area contributed by atoms with Crippen LogP contribution in [0.1, 0.15) is 30.5 Å². The first kappa shape index (κ1) is 14.8. The highest BCUT2D eigenvalue weighted by atomic mass is 35.5. The maximum atomic E-state index is 12.9. The third-order valence-corrected chi connectivity index (χ3v) is 3.51. The van der Waals surface area contributed by atoms with Gasteiger partial charge in [0.25, 0.3) is 0 Å². The van der Waals surface area contributed by atoms with Crippen molar-refractivity contribution in [3.05, 3.63) is 64.4 Å². The van der Waals surface area contributed by atoms with E-state index < -0.39 is 0 Å². The molecule has 1 atom stereocenters. The summed E-state index contributed by atoms with van der Waals surface area (Å²) in [4.78, 5) is 0. The molecular weight excluding hydrogens is 277 g/mol. The Bertz CT molecular complexity index is 571. The lowest BCUT2D eigenvalue weighted by atomic mass is 10.1. The van der Waals surface area contributed by atoms with Crippen molar-refractivity contribution in [3.8, 4) is 5.75 Å². The van der Waals surface area contributed by atoms with Gasteiger partial charge in [-0.15, -0.1) is 0 Å². The number of hydrogen-bond donors (Lipinski definition) is 1. The normalized spacial score (nSPS) is 12.2. The van der Waals surface area contributed by atoms with E-state index in [0.717, 1.165) is 23.3 Å². The molecular formula is C16H17ClFNO. The number of halogens is 2. The number of rotatable bonds is 5. The van der Waals surface area contributed by atoms with Crippen molar-refractivity contribution in [1.82, 2.24) is 0 Å². The maximum Gasteiger partial charge on any atom is 0.124 e. The summed E-state index contributed by atoms with van der Waals surface area (Å²) in [7, 11) is 0. The van der Waals surface area contributed by atoms with E-state index in [1.54, 1.807) is 6.07 Å². The molecule has 2 rings (SSSR count). The minimum absolute atomic E-state index is 0.0515. The Balaban J connectivity index is 2.00. The Kier molecular flexibility index (Phi) is 4.99. The van der Waals surface area contributed by atoms with E-state index in [1.807, 2.05) is 31.2 Å². The number of nitrogens with two attached hydrogens (primary N) is 1. The molecule has 4 heteroatoms. The zero-order valence-corrected chi connectivity index (χ0v) is 12.0. The second-order valence-electron chi connectivity index (χ2n) is 4.61. The monoisotopic (exact) mass is 293 g/mol. The van der Waals surface area contributed by atoms with Gasteiger partial charge in [0, 0.05) is 11.6 Å². The third-order valence-electron chi connectivity index (χ3n) is 3.16. The lowest BCUT2D eigenvalue weighted by molar-refractivity contribution is 0.306. The van der Waals surface area contributed by atoms with E-state index in [4.69, 9.17) is 22.1 Å². The molecule has 0 saturated carbocycles. The van der Waals surface area contributed by atoms with Gasteiger partial charge in [0.2, 0.25) is 0 Å². The summed E-state index contributed by atoms with van der Waals surface area (Å²) in [5.41, 5.74) is 7.78. The Morgan fingerprint density at radius 3 is 2.50 bits per heavy atom. The molecule has 0 aliphatic carbocycles. The average Bonchev–Trinajstić information content (AvgIpc) is 2.46. The molecule has 2 aromatic carbocycles. The lowest BCUT2D eigenvalue weighted by Gasteiger charge is -2.11. The number of benzene rings is 2. The zero-order chi connectivity index (χ0) is 14.5. The Morgan fingerprint density at radius 1 is 1.20 bits per heavy atom. The second kappa shape index (κ2) is 6.73. The molecule has 0 aliphatic rings. The van der Waals surface area contributed by atoms with Crippen LogP contribution in [0.15, 0.2) is 42.5 Å². The van der Waals surface area contributed by atoms with Crippen molar-refractivity contribution in [2.75, 3.05) is 0 Å². The van der Waals surface area contributed by atoms with E-state index in [1.165, 1.54) is 12.1 Å². The first-order chi connectivity index (χ1) is 9.60. The molecule has 0 spiro atoms. The van der Waals surface area contributed by atoms with Crippen LogP contribution < -0.4 is 10.5 Å². The second-order valence-corrected chi connectivity index (χ2v) is 5.02. The molecule has 0 heterocycles. The van der Waals surface area contributed by atoms with Crippen LogP contribution in [-0.4, -0.2) is 0 Å². The fourth-order valence-corrected chi connectivity index (χ4v) is 2.07. The quantitative estimate of drug-likeness (QED) is 0.883. The molecule has 0 amide bonds. The topological polar surface area (TPSA) is 35.2 Å². The molecule has 20 heavy (non-hydrogen) atoms. The van der Waals surface area contributed by atoms with Crippen LogP contribution >= 0.6 is 11.6 Å². The van der Waals surface area contributed by atoms with Crippen molar-refractivity contribution < 1.29 is 9.13 Å². The van der Waals surface area contributed by atoms with Crippen molar-refractivity contribution in [3.63, 3.8) is 0 Å². The first-order valence-electron chi connectivity index (χ1n) is 6.52. The maximum absolute atomic E-state index is 12.9. The average molecular weight is 294 g/mol. The van der Waals surface area contributed by atoms with Crippen LogP contribution in [0, 0.1) is 5.82 Å². The standard InChI is InChI=1S/C16H17ClFNO/c1-2-16(19)11-4-7-14(8-5-11)20-10-12-3-6-13(18)9-15(12)17/h3-9,16H,2,10,19H2,1H3/t16-/m1/s1. The summed E-state index contributed by atoms with van der Waals surface area (Å²) >= 11 is 5.94. The number of ether oxygens (including phenoxy) is 1. The highest BCUT2D eigenvalue weighted by molar-refractivity contribution is 6.31. The van der Waals surface area contributed by atoms with Crippen LogP contribution in [0.2, 0.25) is 5.02 Å². The third kappa shape index (κ3) is 3.71. The molecule has 2 aromatic rings. The van der Waals surface area contributed by atoms with Crippen LogP contribution in [0.3, 0.4) is 0 Å². The highest BCUT2D eigenvalue weighted by Gasteiger charge is 2.05. The Labute approximate surface area is 123 Å². The van der Waals surface area contributed by atoms with Gasteiger partial charge in [-0.2, -0.15) is 0 Å². The van der Waals surface area contributed by atoms with Crippen molar-refractivity contribution >= 4 is 11.6 Å². The summed E-state index contributed by atoms with van der Waals surface area (Å²) in [6.07, 6.45) is 0.894. The van der Waals surface area contributed by atoms with Crippen LogP contribution in [0.25, 0.3) is 0 Å². The molecule has 2 N–H and O–H groups in total. The smallest absolute Gasteiger partial charge is 0.124 e. The summed E-state index contributed by atoms with van der Waals surface area (Å²) < 4.78 is 18.6. The van der Waals surface area contributed by atoms with Gasteiger partial charge in [-0.3, -0.25) is 0 Å². The molecule has 0 unspecified atom stereocenters. The fourth-order valence-electron chi connectivity index (χ4n) is 1.85. The summed E-state index contributed by atoms with van der Waals surface area (Å²) in [5, 5.41) is 0.370. The van der Waals surface area contributed by atoms with Crippen molar-refractivity contribution in [2.24, 2.45) is 5.73 Å². The lowest BCUT2D eigenvalue weighted by Crippen LogP contribution is -2.08. The zero-order valence-electron chi connectivity index (χ0n) is 11.3. The van der Waals surface area contributed by atoms with Gasteiger partial charge < -0.3 is 10.5 Å². The van der Waals surface area contributed by atoms with Gasteiger partial charge in [-0.1, -0.05) is 36.7 Å². The highest BCUT2D eigenvalue weighted by Crippen LogP contribution is 2.22. The van der Waals surface area contributed by atoms with Crippen molar-refractivity contribution in [2.45, 2.75) is 26.0 Å². The van der Waals surface area contributed by atoms with E-state index in [0.29, 0.717) is 11.6 Å². The fraction of sp³-hybridized carbons (Fsp3) is 0.250. The summed E-state index contributed by atoms with van der Waals surface area (Å²) in [6, 6.07) is 12.0. The predicted octanol–water partition coefficient (Wildman–Crippen LogP) is 4.47. The van der Waals surface area contributed by atoms with Crippen molar-refractivity contribution in [1.29, 1.82) is 0 Å². The van der Waals surface area contributed by atoms with Gasteiger partial charge in [-0.05, 0) is 36.2 Å². The van der Waals surface area contributed by atoms with Crippen LogP contribution in [0.4, 0.5) is 4.39 Å². The molecule has 0 fully saturated rings. The van der Waals surface area contributed by atoms with Gasteiger partial charge in [-0.25, -0.2) is 4.39 Å². The first-order valence-corrected chi connectivity index (χ1v) is 6.90. The number of hydrogen-bond acceptors (Lipinski definition) is 2. The largest absolute Gasteiger partial charge is 0.489 e. The summed E-state index contributed by atoms with van der Waals surface area (Å²) in [6.45, 7) is 2.35. The molecule has 0 bridgehead atoms. The van der Waals surface area contributed by atoms with Crippen LogP contribution in [-0.2, 0) is 6.61 Å². The van der Waals surface area contributed by atoms with Crippen LogP contribution in [0.5, 0.6) is 5.75 Å². The molecule has 2 nitrogen and oxygen atoms in total. The minimum atomic E-state index is -0.350. The Morgan fingerprint density at radius 2 is 1.90 bits per heavy atom. The van der Waals surface area contributed by atoms with Gasteiger partial charge in [0.05, 0.1) is 5.02 Å². The molecule has 0 aromatic heterocycles. The van der Waals surface area contributed by atoms with E-state index >= 15 is 0 Å². The molecule has 0 saturated heterocycles. The van der Waals surface area contributed by atoms with E-state index in [2.05, 4.69) is 0 Å². The summed E-state index contributed by atoms with van der Waals surface area (Å²) in [5.74, 6) is 0.383.